The van der Waals surface area contributed by atoms with Gasteiger partial charge in [-0.2, -0.15) is 5.10 Å². The van der Waals surface area contributed by atoms with Gasteiger partial charge in [0, 0.05) is 19.0 Å². The second-order valence-electron chi connectivity index (χ2n) is 4.33. The van der Waals surface area contributed by atoms with E-state index in [1.54, 1.807) is 25.6 Å². The summed E-state index contributed by atoms with van der Waals surface area (Å²) in [5.41, 5.74) is 1.16. The molecule has 18 heavy (non-hydrogen) atoms. The number of hydrogen-bond acceptors (Lipinski definition) is 3. The van der Waals surface area contributed by atoms with Crippen LogP contribution in [-0.4, -0.2) is 30.1 Å². The molecular weight excluding hydrogens is 274 g/mol. The van der Waals surface area contributed by atoms with E-state index < -0.39 is 10.0 Å². The highest BCUT2D eigenvalue weighted by Gasteiger charge is 2.25. The number of alkyl halides is 1. The fourth-order valence-corrected chi connectivity index (χ4v) is 3.95. The fraction of sp³-hybridized carbons (Fsp3) is 0.727. The second kappa shape index (κ2) is 6.04. The molecular formula is C11H20ClN3O2S. The van der Waals surface area contributed by atoms with E-state index in [1.165, 1.54) is 0 Å². The first kappa shape index (κ1) is 15.5. The Bertz CT molecular complexity index is 511. The molecule has 7 heteroatoms. The summed E-state index contributed by atoms with van der Waals surface area (Å²) in [5, 5.41) is 4.13. The summed E-state index contributed by atoms with van der Waals surface area (Å²) in [4.78, 5) is 0.276. The Hall–Kier alpha value is -0.590. The predicted octanol–water partition coefficient (Wildman–Crippen LogP) is 1.72. The number of nitrogens with one attached hydrogen (secondary N) is 1. The zero-order valence-corrected chi connectivity index (χ0v) is 12.8. The smallest absolute Gasteiger partial charge is 0.244 e. The van der Waals surface area contributed by atoms with Crippen LogP contribution >= 0.6 is 11.6 Å². The third-order valence-electron chi connectivity index (χ3n) is 2.98. The van der Waals surface area contributed by atoms with Crippen LogP contribution in [0.2, 0.25) is 0 Å². The molecule has 1 aromatic heterocycles. The van der Waals surface area contributed by atoms with E-state index in [9.17, 15) is 8.42 Å². The van der Waals surface area contributed by atoms with Gasteiger partial charge in [-0.1, -0.05) is 6.92 Å². The number of hydrogen-bond donors (Lipinski definition) is 1. The molecule has 1 heterocycles. The molecule has 0 aromatic carbocycles. The number of nitrogens with zero attached hydrogens (tertiary/aromatic N) is 2. The van der Waals surface area contributed by atoms with Crippen molar-refractivity contribution in [2.75, 3.05) is 5.88 Å². The van der Waals surface area contributed by atoms with Crippen molar-refractivity contribution in [3.63, 3.8) is 0 Å². The van der Waals surface area contributed by atoms with Crippen LogP contribution < -0.4 is 4.72 Å². The highest BCUT2D eigenvalue weighted by molar-refractivity contribution is 7.89. The van der Waals surface area contributed by atoms with Gasteiger partial charge in [0.05, 0.1) is 11.4 Å². The van der Waals surface area contributed by atoms with Gasteiger partial charge in [0.1, 0.15) is 4.90 Å². The number of sulfonamides is 1. The summed E-state index contributed by atoms with van der Waals surface area (Å²) in [5.74, 6) is 0.437. The minimum absolute atomic E-state index is 0.133. The van der Waals surface area contributed by atoms with Gasteiger partial charge in [0.25, 0.3) is 0 Å². The summed E-state index contributed by atoms with van der Waals surface area (Å²) in [6, 6.07) is -0.133. The van der Waals surface area contributed by atoms with Crippen molar-refractivity contribution >= 4 is 21.6 Å². The zero-order valence-electron chi connectivity index (χ0n) is 11.2. The molecule has 0 radical (unpaired) electrons. The van der Waals surface area contributed by atoms with Gasteiger partial charge < -0.3 is 0 Å². The lowest BCUT2D eigenvalue weighted by molar-refractivity contribution is 0.530. The van der Waals surface area contributed by atoms with Crippen molar-refractivity contribution in [3.05, 3.63) is 11.4 Å². The summed E-state index contributed by atoms with van der Waals surface area (Å²) in [6.45, 7) is 5.38. The van der Waals surface area contributed by atoms with Crippen molar-refractivity contribution in [3.8, 4) is 0 Å². The first-order chi connectivity index (χ1) is 8.33. The SMILES string of the molecule is CCC(CCCl)NS(=O)(=O)c1c(C)nn(C)c1C. The molecule has 1 unspecified atom stereocenters. The molecule has 5 nitrogen and oxygen atoms in total. The summed E-state index contributed by atoms with van der Waals surface area (Å²) in [6.07, 6.45) is 1.33. The van der Waals surface area contributed by atoms with Gasteiger partial charge >= 0.3 is 0 Å². The third kappa shape index (κ3) is 3.24. The number of rotatable bonds is 6. The normalized spacial score (nSPS) is 13.8. The van der Waals surface area contributed by atoms with E-state index in [0.717, 1.165) is 0 Å². The Labute approximate surface area is 114 Å². The summed E-state index contributed by atoms with van der Waals surface area (Å²) in [7, 11) is -1.79. The Morgan fingerprint density at radius 1 is 1.44 bits per heavy atom. The lowest BCUT2D eigenvalue weighted by Crippen LogP contribution is -2.35. The molecule has 1 atom stereocenters. The Morgan fingerprint density at radius 3 is 2.44 bits per heavy atom. The minimum Gasteiger partial charge on any atom is -0.271 e. The lowest BCUT2D eigenvalue weighted by Gasteiger charge is -2.15. The quantitative estimate of drug-likeness (QED) is 0.812. The Kier molecular flexibility index (Phi) is 5.19. The molecule has 0 saturated carbocycles. The van der Waals surface area contributed by atoms with E-state index in [4.69, 9.17) is 11.6 Å². The van der Waals surface area contributed by atoms with Crippen LogP contribution in [0.1, 0.15) is 31.2 Å². The molecule has 0 spiro atoms. The maximum Gasteiger partial charge on any atom is 0.244 e. The monoisotopic (exact) mass is 293 g/mol. The van der Waals surface area contributed by atoms with Crippen LogP contribution in [0.15, 0.2) is 4.90 Å². The van der Waals surface area contributed by atoms with Crippen LogP contribution in [0, 0.1) is 13.8 Å². The molecule has 0 saturated heterocycles. The van der Waals surface area contributed by atoms with Crippen LogP contribution in [-0.2, 0) is 17.1 Å². The first-order valence-corrected chi connectivity index (χ1v) is 7.93. The van der Waals surface area contributed by atoms with Crippen LogP contribution in [0.25, 0.3) is 0 Å². The Balaban J connectivity index is 3.06. The molecule has 0 bridgehead atoms. The third-order valence-corrected chi connectivity index (χ3v) is 4.97. The molecule has 1 rings (SSSR count). The average molecular weight is 294 g/mol. The topological polar surface area (TPSA) is 64.0 Å². The average Bonchev–Trinajstić information content (AvgIpc) is 2.52. The maximum atomic E-state index is 12.3. The van der Waals surface area contributed by atoms with E-state index in [1.807, 2.05) is 6.92 Å². The van der Waals surface area contributed by atoms with Gasteiger partial charge in [-0.25, -0.2) is 13.1 Å². The Morgan fingerprint density at radius 2 is 2.06 bits per heavy atom. The van der Waals surface area contributed by atoms with E-state index in [2.05, 4.69) is 9.82 Å². The van der Waals surface area contributed by atoms with Gasteiger partial charge in [-0.15, -0.1) is 11.6 Å². The first-order valence-electron chi connectivity index (χ1n) is 5.92. The fourth-order valence-electron chi connectivity index (χ4n) is 1.90. The van der Waals surface area contributed by atoms with Crippen molar-refractivity contribution in [2.45, 2.75) is 44.6 Å². The molecule has 0 fully saturated rings. The van der Waals surface area contributed by atoms with Gasteiger partial charge in [0.2, 0.25) is 10.0 Å². The lowest BCUT2D eigenvalue weighted by atomic mass is 10.2. The largest absolute Gasteiger partial charge is 0.271 e. The van der Waals surface area contributed by atoms with Gasteiger partial charge in [0.15, 0.2) is 0 Å². The highest BCUT2D eigenvalue weighted by atomic mass is 35.5. The molecule has 0 aliphatic carbocycles. The van der Waals surface area contributed by atoms with Crippen molar-refractivity contribution < 1.29 is 8.42 Å². The van der Waals surface area contributed by atoms with Crippen LogP contribution in [0.3, 0.4) is 0 Å². The maximum absolute atomic E-state index is 12.3. The highest BCUT2D eigenvalue weighted by Crippen LogP contribution is 2.19. The van der Waals surface area contributed by atoms with Crippen LogP contribution in [0.4, 0.5) is 0 Å². The molecule has 0 aliphatic rings. The van der Waals surface area contributed by atoms with E-state index in [-0.39, 0.29) is 10.9 Å². The molecule has 0 amide bonds. The molecule has 104 valence electrons. The molecule has 1 aromatic rings. The van der Waals surface area contributed by atoms with Gasteiger partial charge in [-0.3, -0.25) is 4.68 Å². The standard InChI is InChI=1S/C11H20ClN3O2S/c1-5-10(6-7-12)14-18(16,17)11-8(2)13-15(4)9(11)3/h10,14H,5-7H2,1-4H3. The van der Waals surface area contributed by atoms with E-state index in [0.29, 0.717) is 30.1 Å². The van der Waals surface area contributed by atoms with Crippen molar-refractivity contribution in [1.82, 2.24) is 14.5 Å². The predicted molar refractivity (Wildman–Crippen MR) is 72.4 cm³/mol. The van der Waals surface area contributed by atoms with Crippen molar-refractivity contribution in [1.29, 1.82) is 0 Å². The minimum atomic E-state index is -3.53. The molecule has 1 N–H and O–H groups in total. The molecule has 0 aliphatic heterocycles. The van der Waals surface area contributed by atoms with E-state index >= 15 is 0 Å². The van der Waals surface area contributed by atoms with Crippen LogP contribution in [0.5, 0.6) is 0 Å². The number of aryl methyl sites for hydroxylation is 2. The summed E-state index contributed by atoms with van der Waals surface area (Å²) >= 11 is 5.67. The zero-order chi connectivity index (χ0) is 13.9. The van der Waals surface area contributed by atoms with Crippen molar-refractivity contribution in [2.24, 2.45) is 7.05 Å². The summed E-state index contributed by atoms with van der Waals surface area (Å²) < 4.78 is 28.9. The number of aromatic nitrogens is 2. The second-order valence-corrected chi connectivity index (χ2v) is 6.36. The number of halogens is 1. The van der Waals surface area contributed by atoms with Gasteiger partial charge in [-0.05, 0) is 26.7 Å².